The molecule has 0 radical (unpaired) electrons. The van der Waals surface area contributed by atoms with E-state index >= 15 is 0 Å². The molecule has 2 N–H and O–H groups in total. The number of nitrogens with one attached hydrogen (secondary N) is 1. The summed E-state index contributed by atoms with van der Waals surface area (Å²) in [7, 11) is 1.97. The van der Waals surface area contributed by atoms with Crippen LogP contribution in [0.1, 0.15) is 12.8 Å². The van der Waals surface area contributed by atoms with Gasteiger partial charge in [-0.2, -0.15) is 0 Å². The Morgan fingerprint density at radius 3 is 2.71 bits per heavy atom. The maximum Gasteiger partial charge on any atom is 0.313 e. The van der Waals surface area contributed by atoms with Gasteiger partial charge in [0, 0.05) is 38.6 Å². The number of carbonyl (C=O) groups excluding carboxylic acids is 1. The SMILES string of the molecule is Cn1ccnc1N1CCC(NC(=O)CSCC(=O)O)CC1. The molecule has 0 aliphatic carbocycles. The summed E-state index contributed by atoms with van der Waals surface area (Å²) in [5, 5.41) is 11.5. The number of piperidine rings is 1. The molecule has 2 rings (SSSR count). The molecule has 0 spiro atoms. The Morgan fingerprint density at radius 1 is 1.43 bits per heavy atom. The van der Waals surface area contributed by atoms with Crippen molar-refractivity contribution in [2.75, 3.05) is 29.5 Å². The van der Waals surface area contributed by atoms with Crippen LogP contribution in [0.3, 0.4) is 0 Å². The van der Waals surface area contributed by atoms with Crippen LogP contribution in [0.15, 0.2) is 12.4 Å². The zero-order valence-electron chi connectivity index (χ0n) is 12.0. The largest absolute Gasteiger partial charge is 0.481 e. The second-order valence-electron chi connectivity index (χ2n) is 5.05. The molecular weight excluding hydrogens is 292 g/mol. The molecule has 0 saturated carbocycles. The van der Waals surface area contributed by atoms with Crippen molar-refractivity contribution in [1.29, 1.82) is 0 Å². The predicted molar refractivity (Wildman–Crippen MR) is 81.5 cm³/mol. The van der Waals surface area contributed by atoms with Crippen molar-refractivity contribution >= 4 is 29.6 Å². The second kappa shape index (κ2) is 7.35. The van der Waals surface area contributed by atoms with Gasteiger partial charge < -0.3 is 19.9 Å². The van der Waals surface area contributed by atoms with Crippen LogP contribution in [0.2, 0.25) is 0 Å². The van der Waals surface area contributed by atoms with Gasteiger partial charge in [-0.05, 0) is 12.8 Å². The number of imidazole rings is 1. The lowest BCUT2D eigenvalue weighted by Crippen LogP contribution is -2.45. The van der Waals surface area contributed by atoms with Gasteiger partial charge in [-0.15, -0.1) is 11.8 Å². The van der Waals surface area contributed by atoms with E-state index in [1.807, 2.05) is 17.8 Å². The molecule has 0 bridgehead atoms. The first kappa shape index (κ1) is 15.7. The van der Waals surface area contributed by atoms with Crippen LogP contribution < -0.4 is 10.2 Å². The summed E-state index contributed by atoms with van der Waals surface area (Å²) in [6, 6.07) is 0.166. The van der Waals surface area contributed by atoms with Gasteiger partial charge >= 0.3 is 5.97 Å². The van der Waals surface area contributed by atoms with Crippen LogP contribution in [-0.4, -0.2) is 57.2 Å². The van der Waals surface area contributed by atoms with E-state index in [9.17, 15) is 9.59 Å². The third-order valence-electron chi connectivity index (χ3n) is 3.40. The van der Waals surface area contributed by atoms with E-state index in [0.29, 0.717) is 0 Å². The number of aryl methyl sites for hydroxylation is 1. The van der Waals surface area contributed by atoms with Gasteiger partial charge in [-0.1, -0.05) is 0 Å². The molecule has 7 nitrogen and oxygen atoms in total. The van der Waals surface area contributed by atoms with Crippen LogP contribution in [-0.2, 0) is 16.6 Å². The average molecular weight is 312 g/mol. The molecule has 2 heterocycles. The summed E-state index contributed by atoms with van der Waals surface area (Å²) >= 11 is 1.12. The van der Waals surface area contributed by atoms with Gasteiger partial charge in [0.15, 0.2) is 0 Å². The Kier molecular flexibility index (Phi) is 5.49. The topological polar surface area (TPSA) is 87.5 Å². The molecule has 1 aliphatic rings. The summed E-state index contributed by atoms with van der Waals surface area (Å²) in [5.41, 5.74) is 0. The monoisotopic (exact) mass is 312 g/mol. The molecule has 1 aromatic rings. The number of aliphatic carboxylic acids is 1. The van der Waals surface area contributed by atoms with E-state index in [4.69, 9.17) is 5.11 Å². The Bertz CT molecular complexity index is 497. The minimum atomic E-state index is -0.892. The molecule has 8 heteroatoms. The summed E-state index contributed by atoms with van der Waals surface area (Å²) in [4.78, 5) is 28.6. The Hall–Kier alpha value is -1.70. The van der Waals surface area contributed by atoms with Crippen molar-refractivity contribution < 1.29 is 14.7 Å². The average Bonchev–Trinajstić information content (AvgIpc) is 2.85. The molecule has 0 aromatic carbocycles. The number of anilines is 1. The number of amides is 1. The molecule has 0 unspecified atom stereocenters. The molecule has 21 heavy (non-hydrogen) atoms. The van der Waals surface area contributed by atoms with Gasteiger partial charge in [-0.3, -0.25) is 9.59 Å². The van der Waals surface area contributed by atoms with E-state index in [2.05, 4.69) is 15.2 Å². The third kappa shape index (κ3) is 4.66. The number of carbonyl (C=O) groups is 2. The normalized spacial score (nSPS) is 16.0. The minimum absolute atomic E-state index is 0.0367. The zero-order valence-corrected chi connectivity index (χ0v) is 12.8. The van der Waals surface area contributed by atoms with E-state index in [1.165, 1.54) is 0 Å². The first-order valence-electron chi connectivity index (χ1n) is 6.87. The van der Waals surface area contributed by atoms with Crippen LogP contribution in [0.25, 0.3) is 0 Å². The van der Waals surface area contributed by atoms with Gasteiger partial charge in [0.05, 0.1) is 11.5 Å². The van der Waals surface area contributed by atoms with E-state index in [0.717, 1.165) is 43.6 Å². The van der Waals surface area contributed by atoms with Gasteiger partial charge in [0.2, 0.25) is 11.9 Å². The predicted octanol–water partition coefficient (Wildman–Crippen LogP) is 0.323. The lowest BCUT2D eigenvalue weighted by molar-refractivity contribution is -0.133. The van der Waals surface area contributed by atoms with Crippen LogP contribution in [0, 0.1) is 0 Å². The highest BCUT2D eigenvalue weighted by molar-refractivity contribution is 8.00. The number of nitrogens with zero attached hydrogens (tertiary/aromatic N) is 3. The van der Waals surface area contributed by atoms with Crippen LogP contribution in [0.5, 0.6) is 0 Å². The fraction of sp³-hybridized carbons (Fsp3) is 0.615. The van der Waals surface area contributed by atoms with E-state index in [1.54, 1.807) is 6.20 Å². The number of rotatable bonds is 6. The van der Waals surface area contributed by atoms with Crippen molar-refractivity contribution in [3.8, 4) is 0 Å². The Balaban J connectivity index is 1.70. The molecule has 1 aromatic heterocycles. The number of aromatic nitrogens is 2. The van der Waals surface area contributed by atoms with Gasteiger partial charge in [-0.25, -0.2) is 4.98 Å². The number of thioether (sulfide) groups is 1. The van der Waals surface area contributed by atoms with Crippen molar-refractivity contribution in [1.82, 2.24) is 14.9 Å². The van der Waals surface area contributed by atoms with E-state index in [-0.39, 0.29) is 23.5 Å². The maximum absolute atomic E-state index is 11.7. The standard InChI is InChI=1S/C13H20N4O3S/c1-16-7-4-14-13(16)17-5-2-10(3-6-17)15-11(18)8-21-9-12(19)20/h4,7,10H,2-3,5-6,8-9H2,1H3,(H,15,18)(H,19,20). The third-order valence-corrected chi connectivity index (χ3v) is 4.31. The first-order valence-corrected chi connectivity index (χ1v) is 8.03. The van der Waals surface area contributed by atoms with Crippen molar-refractivity contribution in [2.45, 2.75) is 18.9 Å². The number of hydrogen-bond donors (Lipinski definition) is 2. The summed E-state index contributed by atoms with van der Waals surface area (Å²) < 4.78 is 1.99. The quantitative estimate of drug-likeness (QED) is 0.787. The lowest BCUT2D eigenvalue weighted by atomic mass is 10.1. The maximum atomic E-state index is 11.7. The molecule has 1 saturated heterocycles. The summed E-state index contributed by atoms with van der Waals surface area (Å²) in [6.07, 6.45) is 5.45. The van der Waals surface area contributed by atoms with Crippen molar-refractivity contribution in [3.05, 3.63) is 12.4 Å². The Labute approximate surface area is 127 Å². The summed E-state index contributed by atoms with van der Waals surface area (Å²) in [6.45, 7) is 1.72. The molecule has 0 atom stereocenters. The van der Waals surface area contributed by atoms with Gasteiger partial charge in [0.25, 0.3) is 0 Å². The smallest absolute Gasteiger partial charge is 0.313 e. The lowest BCUT2D eigenvalue weighted by Gasteiger charge is -2.33. The van der Waals surface area contributed by atoms with Crippen LogP contribution >= 0.6 is 11.8 Å². The zero-order chi connectivity index (χ0) is 15.2. The summed E-state index contributed by atoms with van der Waals surface area (Å²) in [5.74, 6) is 0.140. The number of carboxylic acids is 1. The molecule has 1 aliphatic heterocycles. The molecular formula is C13H20N4O3S. The van der Waals surface area contributed by atoms with Crippen LogP contribution in [0.4, 0.5) is 5.95 Å². The molecule has 116 valence electrons. The number of hydrogen-bond acceptors (Lipinski definition) is 5. The number of carboxylic acid groups (broad SMARTS) is 1. The highest BCUT2D eigenvalue weighted by atomic mass is 32.2. The second-order valence-corrected chi connectivity index (χ2v) is 6.04. The Morgan fingerprint density at radius 2 is 2.14 bits per heavy atom. The molecule has 1 amide bonds. The highest BCUT2D eigenvalue weighted by Gasteiger charge is 2.22. The fourth-order valence-corrected chi connectivity index (χ4v) is 2.93. The van der Waals surface area contributed by atoms with Crippen molar-refractivity contribution in [3.63, 3.8) is 0 Å². The van der Waals surface area contributed by atoms with Gasteiger partial charge in [0.1, 0.15) is 0 Å². The molecule has 1 fully saturated rings. The van der Waals surface area contributed by atoms with Crippen molar-refractivity contribution in [2.24, 2.45) is 7.05 Å². The minimum Gasteiger partial charge on any atom is -0.481 e. The fourth-order valence-electron chi connectivity index (χ4n) is 2.39. The highest BCUT2D eigenvalue weighted by Crippen LogP contribution is 2.17. The first-order chi connectivity index (χ1) is 10.1. The van der Waals surface area contributed by atoms with E-state index < -0.39 is 5.97 Å².